The molecule has 1 fully saturated rings. The summed E-state index contributed by atoms with van der Waals surface area (Å²) in [5.74, 6) is -0.643. The first kappa shape index (κ1) is 20.3. The van der Waals surface area contributed by atoms with Crippen molar-refractivity contribution in [2.75, 3.05) is 26.2 Å². The Morgan fingerprint density at radius 3 is 2.36 bits per heavy atom. The number of piperazine rings is 1. The van der Waals surface area contributed by atoms with Crippen LogP contribution in [0.4, 0.5) is 4.39 Å². The van der Waals surface area contributed by atoms with Crippen molar-refractivity contribution in [2.45, 2.75) is 24.7 Å². The molecule has 1 N–H and O–H groups in total. The van der Waals surface area contributed by atoms with Crippen molar-refractivity contribution in [3.8, 4) is 5.75 Å². The van der Waals surface area contributed by atoms with Gasteiger partial charge in [0.25, 0.3) is 0 Å². The van der Waals surface area contributed by atoms with Crippen LogP contribution in [0.1, 0.15) is 17.5 Å². The molecule has 2 aromatic carbocycles. The molecule has 0 unspecified atom stereocenters. The maximum Gasteiger partial charge on any atom is 0.246 e. The Labute approximate surface area is 164 Å². The number of sulfonamides is 1. The molecule has 1 aliphatic heterocycles. The summed E-state index contributed by atoms with van der Waals surface area (Å²) in [7, 11) is -3.81. The van der Waals surface area contributed by atoms with Crippen molar-refractivity contribution in [1.82, 2.24) is 9.21 Å². The van der Waals surface area contributed by atoms with Gasteiger partial charge in [-0.1, -0.05) is 18.2 Å². The van der Waals surface area contributed by atoms with Gasteiger partial charge in [-0.05, 0) is 48.7 Å². The SMILES string of the molecule is Cc1ccc(O)c(S(=O)(=O)N2CCN(C(=O)CCc3ccc(F)cc3)CC2)c1. The van der Waals surface area contributed by atoms with Crippen LogP contribution in [0.25, 0.3) is 0 Å². The van der Waals surface area contributed by atoms with Crippen LogP contribution in [-0.4, -0.2) is 54.8 Å². The summed E-state index contributed by atoms with van der Waals surface area (Å²) in [4.78, 5) is 13.9. The molecule has 28 heavy (non-hydrogen) atoms. The van der Waals surface area contributed by atoms with E-state index in [-0.39, 0.29) is 41.9 Å². The number of hydrogen-bond acceptors (Lipinski definition) is 4. The predicted molar refractivity (Wildman–Crippen MR) is 103 cm³/mol. The summed E-state index contributed by atoms with van der Waals surface area (Å²) in [6, 6.07) is 10.5. The van der Waals surface area contributed by atoms with Gasteiger partial charge in [0.05, 0.1) is 0 Å². The highest BCUT2D eigenvalue weighted by molar-refractivity contribution is 7.89. The number of hydrogen-bond donors (Lipinski definition) is 1. The molecule has 1 aliphatic rings. The molecule has 150 valence electrons. The Morgan fingerprint density at radius 2 is 1.71 bits per heavy atom. The molecule has 0 spiro atoms. The van der Waals surface area contributed by atoms with E-state index in [9.17, 15) is 22.7 Å². The topological polar surface area (TPSA) is 77.9 Å². The van der Waals surface area contributed by atoms with Gasteiger partial charge >= 0.3 is 0 Å². The van der Waals surface area contributed by atoms with Crippen LogP contribution in [0.15, 0.2) is 47.4 Å². The second-order valence-electron chi connectivity index (χ2n) is 6.88. The van der Waals surface area contributed by atoms with E-state index in [1.165, 1.54) is 28.6 Å². The Morgan fingerprint density at radius 1 is 1.07 bits per heavy atom. The first-order valence-corrected chi connectivity index (χ1v) is 10.5. The lowest BCUT2D eigenvalue weighted by atomic mass is 10.1. The largest absolute Gasteiger partial charge is 0.507 e. The minimum absolute atomic E-state index is 0.0558. The van der Waals surface area contributed by atoms with Gasteiger partial charge in [0, 0.05) is 32.6 Å². The smallest absolute Gasteiger partial charge is 0.246 e. The third kappa shape index (κ3) is 4.51. The molecule has 1 amide bonds. The molecule has 0 bridgehead atoms. The van der Waals surface area contributed by atoms with E-state index in [1.54, 1.807) is 30.0 Å². The van der Waals surface area contributed by atoms with Gasteiger partial charge in [0.1, 0.15) is 16.5 Å². The molecular formula is C20H23FN2O4S. The fourth-order valence-corrected chi connectivity index (χ4v) is 4.79. The van der Waals surface area contributed by atoms with Crippen LogP contribution in [0.5, 0.6) is 5.75 Å². The number of amides is 1. The second kappa shape index (κ2) is 8.28. The zero-order valence-corrected chi connectivity index (χ0v) is 16.5. The van der Waals surface area contributed by atoms with Gasteiger partial charge in [0.15, 0.2) is 0 Å². The van der Waals surface area contributed by atoms with Crippen molar-refractivity contribution in [1.29, 1.82) is 0 Å². The summed E-state index contributed by atoms with van der Waals surface area (Å²) in [5.41, 5.74) is 1.62. The van der Waals surface area contributed by atoms with Crippen molar-refractivity contribution >= 4 is 15.9 Å². The van der Waals surface area contributed by atoms with Crippen molar-refractivity contribution in [3.63, 3.8) is 0 Å². The maximum atomic E-state index is 12.9. The lowest BCUT2D eigenvalue weighted by Gasteiger charge is -2.34. The number of phenols is 1. The Bertz CT molecular complexity index is 953. The minimum atomic E-state index is -3.81. The average molecular weight is 406 g/mol. The zero-order chi connectivity index (χ0) is 20.3. The minimum Gasteiger partial charge on any atom is -0.507 e. The zero-order valence-electron chi connectivity index (χ0n) is 15.6. The fourth-order valence-electron chi connectivity index (χ4n) is 3.21. The molecule has 2 aromatic rings. The lowest BCUT2D eigenvalue weighted by molar-refractivity contribution is -0.132. The third-order valence-electron chi connectivity index (χ3n) is 4.87. The van der Waals surface area contributed by atoms with Crippen LogP contribution >= 0.6 is 0 Å². The maximum absolute atomic E-state index is 12.9. The number of nitrogens with zero attached hydrogens (tertiary/aromatic N) is 2. The van der Waals surface area contributed by atoms with Crippen LogP contribution in [-0.2, 0) is 21.2 Å². The number of halogens is 1. The highest BCUT2D eigenvalue weighted by atomic mass is 32.2. The number of benzene rings is 2. The number of phenolic OH excluding ortho intramolecular Hbond substituents is 1. The van der Waals surface area contributed by atoms with E-state index in [0.29, 0.717) is 19.5 Å². The van der Waals surface area contributed by atoms with Crippen LogP contribution in [0.3, 0.4) is 0 Å². The van der Waals surface area contributed by atoms with Crippen molar-refractivity contribution < 1.29 is 22.7 Å². The Hall–Kier alpha value is -2.45. The molecule has 0 saturated carbocycles. The summed E-state index contributed by atoms with van der Waals surface area (Å²) < 4.78 is 39.8. The van der Waals surface area contributed by atoms with Gasteiger partial charge < -0.3 is 10.0 Å². The summed E-state index contributed by atoms with van der Waals surface area (Å²) >= 11 is 0. The predicted octanol–water partition coefficient (Wildman–Crippen LogP) is 2.31. The molecule has 0 radical (unpaired) electrons. The number of aromatic hydroxyl groups is 1. The molecule has 3 rings (SSSR count). The lowest BCUT2D eigenvalue weighted by Crippen LogP contribution is -2.50. The summed E-state index contributed by atoms with van der Waals surface area (Å²) in [5, 5.41) is 9.94. The molecule has 1 saturated heterocycles. The van der Waals surface area contributed by atoms with E-state index in [1.807, 2.05) is 0 Å². The van der Waals surface area contributed by atoms with Crippen molar-refractivity contribution in [2.24, 2.45) is 0 Å². The van der Waals surface area contributed by atoms with Crippen molar-refractivity contribution in [3.05, 3.63) is 59.4 Å². The summed E-state index contributed by atoms with van der Waals surface area (Å²) in [6.45, 7) is 2.72. The number of aryl methyl sites for hydroxylation is 2. The number of rotatable bonds is 5. The highest BCUT2D eigenvalue weighted by Crippen LogP contribution is 2.27. The molecule has 1 heterocycles. The highest BCUT2D eigenvalue weighted by Gasteiger charge is 2.31. The van der Waals surface area contributed by atoms with E-state index >= 15 is 0 Å². The molecule has 8 heteroatoms. The quantitative estimate of drug-likeness (QED) is 0.827. The first-order valence-electron chi connectivity index (χ1n) is 9.09. The second-order valence-corrected chi connectivity index (χ2v) is 8.79. The number of carbonyl (C=O) groups is 1. The third-order valence-corrected chi connectivity index (χ3v) is 6.79. The van der Waals surface area contributed by atoms with Gasteiger partial charge in [-0.25, -0.2) is 12.8 Å². The monoisotopic (exact) mass is 406 g/mol. The normalized spacial score (nSPS) is 15.6. The van der Waals surface area contributed by atoms with Gasteiger partial charge in [-0.2, -0.15) is 4.31 Å². The Balaban J connectivity index is 1.58. The van der Waals surface area contributed by atoms with E-state index < -0.39 is 10.0 Å². The molecular weight excluding hydrogens is 383 g/mol. The standard InChI is InChI=1S/C20H23FN2O4S/c1-15-2-8-18(24)19(14-15)28(26,27)23-12-10-22(11-13-23)20(25)9-5-16-3-6-17(21)7-4-16/h2-4,6-8,14,24H,5,9-13H2,1H3. The van der Waals surface area contributed by atoms with Gasteiger partial charge in [-0.15, -0.1) is 0 Å². The van der Waals surface area contributed by atoms with E-state index in [0.717, 1.165) is 11.1 Å². The Kier molecular flexibility index (Phi) is 6.00. The molecule has 0 aliphatic carbocycles. The molecule has 6 nitrogen and oxygen atoms in total. The van der Waals surface area contributed by atoms with E-state index in [4.69, 9.17) is 0 Å². The molecule has 0 aromatic heterocycles. The summed E-state index contributed by atoms with van der Waals surface area (Å²) in [6.07, 6.45) is 0.797. The number of carbonyl (C=O) groups excluding carboxylic acids is 1. The van der Waals surface area contributed by atoms with Crippen LogP contribution in [0.2, 0.25) is 0 Å². The average Bonchev–Trinajstić information content (AvgIpc) is 2.69. The fraction of sp³-hybridized carbons (Fsp3) is 0.350. The first-order chi connectivity index (χ1) is 13.3. The van der Waals surface area contributed by atoms with E-state index in [2.05, 4.69) is 0 Å². The van der Waals surface area contributed by atoms with Gasteiger partial charge in [0.2, 0.25) is 15.9 Å². The van der Waals surface area contributed by atoms with Gasteiger partial charge in [-0.3, -0.25) is 4.79 Å². The van der Waals surface area contributed by atoms with Crippen LogP contribution in [0, 0.1) is 12.7 Å². The van der Waals surface area contributed by atoms with Crippen LogP contribution < -0.4 is 0 Å². The molecule has 0 atom stereocenters.